The van der Waals surface area contributed by atoms with Gasteiger partial charge in [0.1, 0.15) is 22.9 Å². The third-order valence-electron chi connectivity index (χ3n) is 5.66. The number of nitrogens with one attached hydrogen (secondary N) is 2. The lowest BCUT2D eigenvalue weighted by atomic mass is 10.1. The van der Waals surface area contributed by atoms with Crippen molar-refractivity contribution in [2.45, 2.75) is 44.9 Å². The molecule has 222 valence electrons. The number of hydrogen-bond donors (Lipinski definition) is 2. The molecule has 2 aromatic heterocycles. The molecule has 0 radical (unpaired) electrons. The third kappa shape index (κ3) is 11.6. The minimum Gasteiger partial charge on any atom is -0.406 e. The van der Waals surface area contributed by atoms with Crippen LogP contribution in [0.4, 0.5) is 28.4 Å². The van der Waals surface area contributed by atoms with E-state index in [1.54, 1.807) is 43.7 Å². The first-order valence-electron chi connectivity index (χ1n) is 12.9. The highest BCUT2D eigenvalue weighted by molar-refractivity contribution is 7.15. The van der Waals surface area contributed by atoms with Gasteiger partial charge in [0.15, 0.2) is 0 Å². The van der Waals surface area contributed by atoms with E-state index in [0.717, 1.165) is 41.8 Å². The van der Waals surface area contributed by atoms with Crippen LogP contribution in [-0.4, -0.2) is 40.8 Å². The zero-order valence-electron chi connectivity index (χ0n) is 22.7. The van der Waals surface area contributed by atoms with E-state index in [-0.39, 0.29) is 30.3 Å². The van der Waals surface area contributed by atoms with E-state index in [1.807, 2.05) is 12.1 Å². The van der Waals surface area contributed by atoms with Crippen molar-refractivity contribution in [1.29, 1.82) is 0 Å². The topological polar surface area (TPSA) is 106 Å². The maximum Gasteiger partial charge on any atom is 0.573 e. The number of aryl methyl sites for hydroxylation is 2. The Labute approximate surface area is 244 Å². The number of benzene rings is 2. The predicted molar refractivity (Wildman–Crippen MR) is 152 cm³/mol. The molecule has 2 aromatic carbocycles. The van der Waals surface area contributed by atoms with Gasteiger partial charge in [0.05, 0.1) is 12.1 Å². The highest BCUT2D eigenvalue weighted by Gasteiger charge is 2.31. The Hall–Kier alpha value is -4.39. The molecular formula is C29H29F4N5O3S. The van der Waals surface area contributed by atoms with Gasteiger partial charge in [-0.25, -0.2) is 4.39 Å². The summed E-state index contributed by atoms with van der Waals surface area (Å²) in [5.74, 6) is -0.671. The molecule has 2 N–H and O–H groups in total. The van der Waals surface area contributed by atoms with Crippen LogP contribution >= 0.6 is 11.3 Å². The third-order valence-corrected chi connectivity index (χ3v) is 6.56. The number of hydrogen-bond acceptors (Lipinski definition) is 8. The van der Waals surface area contributed by atoms with Crippen LogP contribution in [0.2, 0.25) is 0 Å². The summed E-state index contributed by atoms with van der Waals surface area (Å²) in [6.07, 6.45) is 3.05. The molecule has 0 fully saturated rings. The van der Waals surface area contributed by atoms with Gasteiger partial charge < -0.3 is 20.2 Å². The number of pyridine rings is 1. The molecule has 42 heavy (non-hydrogen) atoms. The van der Waals surface area contributed by atoms with Crippen molar-refractivity contribution >= 4 is 34.3 Å². The van der Waals surface area contributed by atoms with Gasteiger partial charge >= 0.3 is 6.36 Å². The summed E-state index contributed by atoms with van der Waals surface area (Å²) in [6.45, 7) is 0. The summed E-state index contributed by atoms with van der Waals surface area (Å²) in [7, 11) is 1.70. The highest BCUT2D eigenvalue weighted by Crippen LogP contribution is 2.23. The first-order chi connectivity index (χ1) is 20.1. The van der Waals surface area contributed by atoms with Gasteiger partial charge in [0, 0.05) is 32.3 Å². The van der Waals surface area contributed by atoms with Gasteiger partial charge in [-0.1, -0.05) is 35.6 Å². The number of unbranched alkanes of at least 4 members (excludes halogenated alkanes) is 1. The van der Waals surface area contributed by atoms with E-state index < -0.39 is 6.36 Å². The molecule has 4 aromatic rings. The van der Waals surface area contributed by atoms with E-state index in [1.165, 1.54) is 29.5 Å². The minimum atomic E-state index is -4.69. The van der Waals surface area contributed by atoms with Crippen LogP contribution in [0.25, 0.3) is 0 Å². The molecule has 0 atom stereocenters. The molecule has 0 spiro atoms. The second kappa shape index (κ2) is 16.2. The molecule has 8 nitrogen and oxygen atoms in total. The summed E-state index contributed by atoms with van der Waals surface area (Å²) in [5.41, 5.74) is 2.83. The summed E-state index contributed by atoms with van der Waals surface area (Å²) in [5, 5.41) is 15.1. The number of ether oxygens (including phenoxy) is 1. The molecule has 0 bridgehead atoms. The van der Waals surface area contributed by atoms with Crippen molar-refractivity contribution in [3.63, 3.8) is 0 Å². The van der Waals surface area contributed by atoms with E-state index in [2.05, 4.69) is 30.6 Å². The summed E-state index contributed by atoms with van der Waals surface area (Å²) in [4.78, 5) is 26.2. The van der Waals surface area contributed by atoms with E-state index in [9.17, 15) is 27.2 Å². The maximum atomic E-state index is 13.8. The van der Waals surface area contributed by atoms with Crippen LogP contribution < -0.4 is 15.4 Å². The molecule has 0 aliphatic heterocycles. The first kappa shape index (κ1) is 32.1. The Kier molecular flexibility index (Phi) is 12.4. The van der Waals surface area contributed by atoms with E-state index >= 15 is 0 Å². The van der Waals surface area contributed by atoms with Gasteiger partial charge in [-0.2, -0.15) is 0 Å². The predicted octanol–water partition coefficient (Wildman–Crippen LogP) is 6.19. The second-order valence-corrected chi connectivity index (χ2v) is 9.99. The number of halogens is 4. The molecule has 0 unspecified atom stereocenters. The molecule has 0 saturated carbocycles. The SMILES string of the molecule is CNc1ccc(CCCCc2nnc(NC(=O)Cc3cccnc3)s2)cc1F.O=CCc1cccc(OC(F)(F)F)c1. The second-order valence-electron chi connectivity index (χ2n) is 8.92. The molecular weight excluding hydrogens is 574 g/mol. The average molecular weight is 604 g/mol. The Bertz CT molecular complexity index is 1430. The summed E-state index contributed by atoms with van der Waals surface area (Å²) in [6, 6.07) is 14.3. The van der Waals surface area contributed by atoms with Gasteiger partial charge in [-0.15, -0.1) is 23.4 Å². The summed E-state index contributed by atoms with van der Waals surface area (Å²) >= 11 is 1.39. The first-order valence-corrected chi connectivity index (χ1v) is 13.7. The number of carbonyl (C=O) groups excluding carboxylic acids is 2. The van der Waals surface area contributed by atoms with Gasteiger partial charge in [0.2, 0.25) is 11.0 Å². The van der Waals surface area contributed by atoms with Crippen LogP contribution in [0.3, 0.4) is 0 Å². The minimum absolute atomic E-state index is 0.0784. The van der Waals surface area contributed by atoms with E-state index in [4.69, 9.17) is 0 Å². The number of anilines is 2. The van der Waals surface area contributed by atoms with Crippen molar-refractivity contribution in [3.05, 3.63) is 94.5 Å². The normalized spacial score (nSPS) is 10.8. The fourth-order valence-electron chi connectivity index (χ4n) is 3.74. The molecule has 1 amide bonds. The zero-order chi connectivity index (χ0) is 30.4. The molecule has 0 saturated heterocycles. The highest BCUT2D eigenvalue weighted by atomic mass is 32.1. The fraction of sp³-hybridized carbons (Fsp3) is 0.276. The summed E-state index contributed by atoms with van der Waals surface area (Å²) < 4.78 is 52.7. The van der Waals surface area contributed by atoms with E-state index in [0.29, 0.717) is 22.7 Å². The number of rotatable bonds is 12. The van der Waals surface area contributed by atoms with Crippen molar-refractivity contribution in [2.75, 3.05) is 17.7 Å². The molecule has 0 aliphatic carbocycles. The van der Waals surface area contributed by atoms with Crippen LogP contribution in [0.1, 0.15) is 34.5 Å². The Balaban J connectivity index is 0.000000291. The van der Waals surface area contributed by atoms with Crippen molar-refractivity contribution in [3.8, 4) is 5.75 Å². The molecule has 2 heterocycles. The monoisotopic (exact) mass is 603 g/mol. The number of amides is 1. The number of alkyl halides is 3. The Morgan fingerprint density at radius 3 is 2.48 bits per heavy atom. The van der Waals surface area contributed by atoms with Crippen molar-refractivity contribution < 1.29 is 31.9 Å². The average Bonchev–Trinajstić information content (AvgIpc) is 3.38. The quantitative estimate of drug-likeness (QED) is 0.113. The fourth-order valence-corrected chi connectivity index (χ4v) is 4.54. The lowest BCUT2D eigenvalue weighted by molar-refractivity contribution is -0.274. The number of aromatic nitrogens is 3. The van der Waals surface area contributed by atoms with Crippen molar-refractivity contribution in [2.24, 2.45) is 0 Å². The zero-order valence-corrected chi connectivity index (χ0v) is 23.5. The smallest absolute Gasteiger partial charge is 0.406 e. The lowest BCUT2D eigenvalue weighted by Gasteiger charge is -2.08. The van der Waals surface area contributed by atoms with Crippen LogP contribution in [-0.2, 0) is 35.3 Å². The Morgan fingerprint density at radius 1 is 1.00 bits per heavy atom. The largest absolute Gasteiger partial charge is 0.573 e. The standard InChI is InChI=1S/C20H22FN5OS.C9H7F3O2/c1-22-17-9-8-14(11-16(17)21)5-2-3-7-19-25-26-20(28-19)24-18(27)12-15-6-4-10-23-13-15;10-9(11,12)14-8-3-1-2-7(6-8)4-5-13/h4,6,8-11,13,22H,2-3,5,7,12H2,1H3,(H,24,26,27);1-3,5-6H,4H2. The van der Waals surface area contributed by atoms with Crippen LogP contribution in [0.15, 0.2) is 67.0 Å². The van der Waals surface area contributed by atoms with Crippen molar-refractivity contribution in [1.82, 2.24) is 15.2 Å². The Morgan fingerprint density at radius 2 is 1.79 bits per heavy atom. The van der Waals surface area contributed by atoms with Crippen LogP contribution in [0, 0.1) is 5.82 Å². The number of aldehydes is 1. The maximum absolute atomic E-state index is 13.8. The number of carbonyl (C=O) groups is 2. The van der Waals surface area contributed by atoms with Gasteiger partial charge in [-0.3, -0.25) is 9.78 Å². The lowest BCUT2D eigenvalue weighted by Crippen LogP contribution is -2.17. The van der Waals surface area contributed by atoms with Gasteiger partial charge in [-0.05, 0) is 66.3 Å². The molecule has 4 rings (SSSR count). The molecule has 13 heteroatoms. The molecule has 0 aliphatic rings. The van der Waals surface area contributed by atoms with Crippen LogP contribution in [0.5, 0.6) is 5.75 Å². The van der Waals surface area contributed by atoms with Gasteiger partial charge in [0.25, 0.3) is 0 Å². The number of nitrogens with zero attached hydrogens (tertiary/aromatic N) is 3.